The van der Waals surface area contributed by atoms with E-state index in [-0.39, 0.29) is 0 Å². The molecule has 1 heterocycles. The molecule has 0 unspecified atom stereocenters. The molecule has 1 heteroatoms. The van der Waals surface area contributed by atoms with Gasteiger partial charge in [0, 0.05) is 6.61 Å². The quantitative estimate of drug-likeness (QED) is 0.575. The second-order valence-corrected chi connectivity index (χ2v) is 3.54. The van der Waals surface area contributed by atoms with Crippen LogP contribution in [-0.4, -0.2) is 12.7 Å². The van der Waals surface area contributed by atoms with Crippen molar-refractivity contribution in [1.82, 2.24) is 0 Å². The van der Waals surface area contributed by atoms with Crippen LogP contribution in [0.25, 0.3) is 0 Å². The van der Waals surface area contributed by atoms with Crippen molar-refractivity contribution in [1.29, 1.82) is 0 Å². The summed E-state index contributed by atoms with van der Waals surface area (Å²) >= 11 is 0. The standard InChI is InChI=1S/C9H18O/c1-4-8-5-6-10-9(8)7(2)3/h7-9H,4-6H2,1-3H3/t8-,9+/m0/s1. The van der Waals surface area contributed by atoms with E-state index in [4.69, 9.17) is 4.74 Å². The third kappa shape index (κ3) is 1.51. The van der Waals surface area contributed by atoms with Gasteiger partial charge in [0.2, 0.25) is 0 Å². The first-order valence-electron chi connectivity index (χ1n) is 4.37. The van der Waals surface area contributed by atoms with Crippen LogP contribution in [-0.2, 0) is 4.74 Å². The molecule has 0 amide bonds. The molecule has 0 aromatic carbocycles. The van der Waals surface area contributed by atoms with Crippen LogP contribution in [0.1, 0.15) is 33.6 Å². The second-order valence-electron chi connectivity index (χ2n) is 3.54. The first kappa shape index (κ1) is 8.06. The molecule has 1 aliphatic rings. The van der Waals surface area contributed by atoms with Crippen LogP contribution in [0.2, 0.25) is 0 Å². The molecule has 10 heavy (non-hydrogen) atoms. The number of hydrogen-bond donors (Lipinski definition) is 0. The Labute approximate surface area is 63.8 Å². The second kappa shape index (κ2) is 3.38. The highest BCUT2D eigenvalue weighted by Gasteiger charge is 2.28. The summed E-state index contributed by atoms with van der Waals surface area (Å²) in [6.45, 7) is 7.74. The maximum absolute atomic E-state index is 5.62. The van der Waals surface area contributed by atoms with E-state index in [1.165, 1.54) is 12.8 Å². The van der Waals surface area contributed by atoms with Crippen LogP contribution in [0.3, 0.4) is 0 Å². The lowest BCUT2D eigenvalue weighted by Crippen LogP contribution is -2.21. The number of rotatable bonds is 2. The summed E-state index contributed by atoms with van der Waals surface area (Å²) in [7, 11) is 0. The van der Waals surface area contributed by atoms with Crippen molar-refractivity contribution >= 4 is 0 Å². The van der Waals surface area contributed by atoms with Crippen LogP contribution in [0.4, 0.5) is 0 Å². The smallest absolute Gasteiger partial charge is 0.0626 e. The van der Waals surface area contributed by atoms with Gasteiger partial charge in [-0.2, -0.15) is 0 Å². The van der Waals surface area contributed by atoms with Gasteiger partial charge in [0.25, 0.3) is 0 Å². The molecule has 1 fully saturated rings. The first-order chi connectivity index (χ1) is 4.75. The fraction of sp³-hybridized carbons (Fsp3) is 1.00. The molecule has 0 bridgehead atoms. The van der Waals surface area contributed by atoms with Crippen LogP contribution in [0.5, 0.6) is 0 Å². The third-order valence-electron chi connectivity index (χ3n) is 2.45. The Balaban J connectivity index is 2.42. The summed E-state index contributed by atoms with van der Waals surface area (Å²) < 4.78 is 5.62. The van der Waals surface area contributed by atoms with E-state index in [2.05, 4.69) is 20.8 Å². The van der Waals surface area contributed by atoms with Crippen molar-refractivity contribution in [2.45, 2.75) is 39.7 Å². The van der Waals surface area contributed by atoms with Gasteiger partial charge in [0.1, 0.15) is 0 Å². The lowest BCUT2D eigenvalue weighted by molar-refractivity contribution is 0.0532. The predicted molar refractivity (Wildman–Crippen MR) is 43.0 cm³/mol. The van der Waals surface area contributed by atoms with Gasteiger partial charge in [-0.15, -0.1) is 0 Å². The maximum Gasteiger partial charge on any atom is 0.0626 e. The average molecular weight is 142 g/mol. The molecule has 0 aromatic rings. The molecule has 1 aliphatic heterocycles. The van der Waals surface area contributed by atoms with Gasteiger partial charge in [-0.3, -0.25) is 0 Å². The van der Waals surface area contributed by atoms with Crippen molar-refractivity contribution in [2.75, 3.05) is 6.61 Å². The molecular formula is C9H18O. The molecule has 0 N–H and O–H groups in total. The minimum Gasteiger partial charge on any atom is -0.378 e. The number of hydrogen-bond acceptors (Lipinski definition) is 1. The third-order valence-corrected chi connectivity index (χ3v) is 2.45. The zero-order chi connectivity index (χ0) is 7.56. The summed E-state index contributed by atoms with van der Waals surface area (Å²) in [4.78, 5) is 0. The van der Waals surface area contributed by atoms with E-state index < -0.39 is 0 Å². The van der Waals surface area contributed by atoms with E-state index in [1.807, 2.05) is 0 Å². The molecule has 1 rings (SSSR count). The van der Waals surface area contributed by atoms with E-state index in [9.17, 15) is 0 Å². The van der Waals surface area contributed by atoms with E-state index in [0.717, 1.165) is 12.5 Å². The highest BCUT2D eigenvalue weighted by molar-refractivity contribution is 4.77. The average Bonchev–Trinajstić information content (AvgIpc) is 2.33. The minimum atomic E-state index is 0.546. The molecule has 0 spiro atoms. The van der Waals surface area contributed by atoms with Crippen molar-refractivity contribution < 1.29 is 4.74 Å². The topological polar surface area (TPSA) is 9.23 Å². The fourth-order valence-corrected chi connectivity index (χ4v) is 1.83. The van der Waals surface area contributed by atoms with Crippen molar-refractivity contribution in [3.63, 3.8) is 0 Å². The molecule has 60 valence electrons. The summed E-state index contributed by atoms with van der Waals surface area (Å²) in [6, 6.07) is 0. The van der Waals surface area contributed by atoms with Gasteiger partial charge in [-0.1, -0.05) is 27.2 Å². The van der Waals surface area contributed by atoms with Crippen molar-refractivity contribution in [3.8, 4) is 0 Å². The Morgan fingerprint density at radius 3 is 2.60 bits per heavy atom. The summed E-state index contributed by atoms with van der Waals surface area (Å²) in [6.07, 6.45) is 3.10. The van der Waals surface area contributed by atoms with Gasteiger partial charge in [0.15, 0.2) is 0 Å². The lowest BCUT2D eigenvalue weighted by atomic mass is 9.91. The highest BCUT2D eigenvalue weighted by atomic mass is 16.5. The van der Waals surface area contributed by atoms with Crippen LogP contribution < -0.4 is 0 Å². The Kier molecular flexibility index (Phi) is 2.72. The Bertz CT molecular complexity index is 98.9. The van der Waals surface area contributed by atoms with E-state index >= 15 is 0 Å². The molecule has 0 radical (unpaired) electrons. The molecule has 0 aromatic heterocycles. The summed E-state index contributed by atoms with van der Waals surface area (Å²) in [5, 5.41) is 0. The largest absolute Gasteiger partial charge is 0.378 e. The van der Waals surface area contributed by atoms with Gasteiger partial charge in [-0.25, -0.2) is 0 Å². The maximum atomic E-state index is 5.62. The predicted octanol–water partition coefficient (Wildman–Crippen LogP) is 2.46. The van der Waals surface area contributed by atoms with Gasteiger partial charge in [-0.05, 0) is 18.3 Å². The monoisotopic (exact) mass is 142 g/mol. The van der Waals surface area contributed by atoms with Gasteiger partial charge in [0.05, 0.1) is 6.10 Å². The zero-order valence-electron chi connectivity index (χ0n) is 7.26. The normalized spacial score (nSPS) is 33.6. The van der Waals surface area contributed by atoms with Gasteiger partial charge >= 0.3 is 0 Å². The van der Waals surface area contributed by atoms with Crippen LogP contribution in [0, 0.1) is 11.8 Å². The first-order valence-corrected chi connectivity index (χ1v) is 4.37. The molecule has 0 saturated carbocycles. The SMILES string of the molecule is CC[C@H]1CCO[C@@H]1C(C)C. The number of ether oxygens (including phenoxy) is 1. The lowest BCUT2D eigenvalue weighted by Gasteiger charge is -2.20. The Morgan fingerprint density at radius 1 is 1.50 bits per heavy atom. The molecular weight excluding hydrogens is 124 g/mol. The highest BCUT2D eigenvalue weighted by Crippen LogP contribution is 2.28. The minimum absolute atomic E-state index is 0.546. The van der Waals surface area contributed by atoms with Crippen LogP contribution in [0.15, 0.2) is 0 Å². The molecule has 1 nitrogen and oxygen atoms in total. The van der Waals surface area contributed by atoms with Crippen molar-refractivity contribution in [2.24, 2.45) is 11.8 Å². The van der Waals surface area contributed by atoms with Crippen LogP contribution >= 0.6 is 0 Å². The Hall–Kier alpha value is -0.0400. The zero-order valence-corrected chi connectivity index (χ0v) is 7.26. The molecule has 0 aliphatic carbocycles. The van der Waals surface area contributed by atoms with Gasteiger partial charge < -0.3 is 4.74 Å². The molecule has 1 saturated heterocycles. The van der Waals surface area contributed by atoms with E-state index in [0.29, 0.717) is 12.0 Å². The summed E-state index contributed by atoms with van der Waals surface area (Å²) in [5.41, 5.74) is 0. The fourth-order valence-electron chi connectivity index (χ4n) is 1.83. The van der Waals surface area contributed by atoms with Crippen molar-refractivity contribution in [3.05, 3.63) is 0 Å². The summed E-state index contributed by atoms with van der Waals surface area (Å²) in [5.74, 6) is 1.53. The molecule has 2 atom stereocenters. The Morgan fingerprint density at radius 2 is 2.20 bits per heavy atom. The van der Waals surface area contributed by atoms with E-state index in [1.54, 1.807) is 0 Å².